The van der Waals surface area contributed by atoms with Gasteiger partial charge in [0, 0.05) is 38.0 Å². The summed E-state index contributed by atoms with van der Waals surface area (Å²) >= 11 is 6.75. The maximum atomic E-state index is 13.7. The lowest BCUT2D eigenvalue weighted by atomic mass is 10.0. The molecule has 224 valence electrons. The molecule has 1 fully saturated rings. The third kappa shape index (κ3) is 8.79. The second kappa shape index (κ2) is 15.7. The first-order valence-corrected chi connectivity index (χ1v) is 15.0. The molecule has 0 atom stereocenters. The van der Waals surface area contributed by atoms with Gasteiger partial charge in [0.05, 0.1) is 11.1 Å². The molecule has 0 aromatic heterocycles. The molecule has 3 aromatic rings. The van der Waals surface area contributed by atoms with Crippen molar-refractivity contribution >= 4 is 52.1 Å². The third-order valence-corrected chi connectivity index (χ3v) is 7.83. The van der Waals surface area contributed by atoms with Crippen LogP contribution in [-0.4, -0.2) is 65.5 Å². The summed E-state index contributed by atoms with van der Waals surface area (Å²) in [5, 5.41) is 7.99. The van der Waals surface area contributed by atoms with E-state index in [-0.39, 0.29) is 48.7 Å². The lowest BCUT2D eigenvalue weighted by Crippen LogP contribution is -2.33. The number of amides is 4. The monoisotopic (exact) mass is 620 g/mol. The minimum absolute atomic E-state index is 0.0510. The van der Waals surface area contributed by atoms with Crippen LogP contribution in [-0.2, 0) is 18.0 Å². The van der Waals surface area contributed by atoms with Gasteiger partial charge in [-0.2, -0.15) is 0 Å². The molecule has 0 spiro atoms. The maximum Gasteiger partial charge on any atom is 0.407 e. The highest BCUT2D eigenvalue weighted by Crippen LogP contribution is 2.31. The molecule has 1 aliphatic rings. The van der Waals surface area contributed by atoms with Gasteiger partial charge in [0.25, 0.3) is 17.7 Å². The zero-order valence-electron chi connectivity index (χ0n) is 23.6. The Morgan fingerprint density at radius 3 is 2.12 bits per heavy atom. The number of hydrogen-bond donors (Lipinski definition) is 3. The van der Waals surface area contributed by atoms with Crippen LogP contribution >= 0.6 is 24.0 Å². The smallest absolute Gasteiger partial charge is 0.407 e. The van der Waals surface area contributed by atoms with Crippen LogP contribution in [0.5, 0.6) is 5.75 Å². The fourth-order valence-electron chi connectivity index (χ4n) is 4.19. The molecule has 0 aliphatic carbocycles. The zero-order chi connectivity index (χ0) is 30.6. The van der Waals surface area contributed by atoms with Gasteiger partial charge in [-0.25, -0.2) is 4.79 Å². The van der Waals surface area contributed by atoms with Crippen molar-refractivity contribution in [3.8, 4) is 5.75 Å². The number of nitrogens with zero attached hydrogens (tertiary/aromatic N) is 1. The Balaban J connectivity index is 1.45. The van der Waals surface area contributed by atoms with E-state index in [0.717, 1.165) is 11.1 Å². The van der Waals surface area contributed by atoms with Crippen LogP contribution in [0.1, 0.15) is 48.6 Å². The predicted molar refractivity (Wildman–Crippen MR) is 168 cm³/mol. The lowest BCUT2D eigenvalue weighted by Gasteiger charge is -2.20. The summed E-state index contributed by atoms with van der Waals surface area (Å²) in [6.45, 7) is 1.18. The molecular formula is C31H32N4O6S2. The first-order valence-electron chi connectivity index (χ1n) is 13.7. The van der Waals surface area contributed by atoms with E-state index in [1.54, 1.807) is 0 Å². The molecule has 3 N–H and O–H groups in total. The number of thiocarbonyl (C=S) groups is 1. The van der Waals surface area contributed by atoms with Gasteiger partial charge in [0.1, 0.15) is 23.3 Å². The number of ether oxygens (including phenoxy) is 2. The van der Waals surface area contributed by atoms with Crippen molar-refractivity contribution in [2.24, 2.45) is 0 Å². The molecule has 1 heterocycles. The molecular weight excluding hydrogens is 588 g/mol. The van der Waals surface area contributed by atoms with E-state index in [1.807, 2.05) is 60.7 Å². The molecule has 10 nitrogen and oxygen atoms in total. The van der Waals surface area contributed by atoms with E-state index in [9.17, 15) is 19.2 Å². The average Bonchev–Trinajstić information content (AvgIpc) is 3.48. The number of nitrogens with one attached hydrogen (secondary N) is 3. The minimum atomic E-state index is -0.558. The molecule has 0 saturated carbocycles. The van der Waals surface area contributed by atoms with E-state index < -0.39 is 23.8 Å². The highest BCUT2D eigenvalue weighted by atomic mass is 32.2. The van der Waals surface area contributed by atoms with Crippen molar-refractivity contribution in [3.63, 3.8) is 0 Å². The highest BCUT2D eigenvalue weighted by molar-refractivity contribution is 8.23. The molecule has 3 aromatic carbocycles. The Labute approximate surface area is 259 Å². The number of thioether (sulfide) groups is 1. The van der Waals surface area contributed by atoms with E-state index in [0.29, 0.717) is 23.0 Å². The van der Waals surface area contributed by atoms with Crippen molar-refractivity contribution in [1.29, 1.82) is 0 Å². The summed E-state index contributed by atoms with van der Waals surface area (Å²) in [7, 11) is 1.46. The van der Waals surface area contributed by atoms with Crippen molar-refractivity contribution < 1.29 is 28.7 Å². The number of hydrogen-bond acceptors (Lipinski definition) is 8. The van der Waals surface area contributed by atoms with Gasteiger partial charge in [0.2, 0.25) is 0 Å². The molecule has 1 aliphatic heterocycles. The summed E-state index contributed by atoms with van der Waals surface area (Å²) in [5.41, 5.74) is 1.95. The number of benzene rings is 3. The zero-order valence-corrected chi connectivity index (χ0v) is 25.2. The number of carbonyl (C=O) groups excluding carboxylic acids is 4. The Hall–Kier alpha value is -4.42. The Bertz CT molecular complexity index is 1470. The standard InChI is InChI=1S/C31H32N4O6S2/c1-32-28(37)24-17-23(27(36)33-13-8-14-34-30(39)41-20-22-11-6-3-7-12-22)18-25(29(38)35-15-16-43-31(35)42)26(24)40-19-21-9-4-2-5-10-21/h2-7,9-12,17-18H,8,13-16,19-20H2,1H3,(H,32,37)(H,33,36)(H,34,39). The molecule has 4 amide bonds. The van der Waals surface area contributed by atoms with Gasteiger partial charge < -0.3 is 25.4 Å². The maximum absolute atomic E-state index is 13.7. The van der Waals surface area contributed by atoms with Crippen LogP contribution in [0.15, 0.2) is 72.8 Å². The van der Waals surface area contributed by atoms with Crippen LogP contribution in [0, 0.1) is 0 Å². The first-order chi connectivity index (χ1) is 20.9. The minimum Gasteiger partial charge on any atom is -0.487 e. The molecule has 0 unspecified atom stereocenters. The quantitative estimate of drug-likeness (QED) is 0.204. The Kier molecular flexibility index (Phi) is 11.5. The largest absolute Gasteiger partial charge is 0.487 e. The summed E-state index contributed by atoms with van der Waals surface area (Å²) in [5.74, 6) is -0.720. The van der Waals surface area contributed by atoms with Gasteiger partial charge >= 0.3 is 6.09 Å². The second-order valence-electron chi connectivity index (χ2n) is 9.42. The second-order valence-corrected chi connectivity index (χ2v) is 11.2. The Morgan fingerprint density at radius 2 is 1.49 bits per heavy atom. The van der Waals surface area contributed by atoms with Gasteiger partial charge in [-0.3, -0.25) is 19.3 Å². The van der Waals surface area contributed by atoms with Crippen LogP contribution in [0.4, 0.5) is 4.79 Å². The van der Waals surface area contributed by atoms with Crippen molar-refractivity contribution in [3.05, 3.63) is 101 Å². The Morgan fingerprint density at radius 1 is 0.860 bits per heavy atom. The fourth-order valence-corrected chi connectivity index (χ4v) is 5.39. The molecule has 0 radical (unpaired) electrons. The van der Waals surface area contributed by atoms with Gasteiger partial charge in [-0.15, -0.1) is 0 Å². The van der Waals surface area contributed by atoms with Crippen LogP contribution in [0.25, 0.3) is 0 Å². The molecule has 12 heteroatoms. The summed E-state index contributed by atoms with van der Waals surface area (Å²) in [4.78, 5) is 53.2. The molecule has 4 rings (SSSR count). The topological polar surface area (TPSA) is 126 Å². The van der Waals surface area contributed by atoms with Crippen LogP contribution in [0.2, 0.25) is 0 Å². The molecule has 0 bridgehead atoms. The van der Waals surface area contributed by atoms with Gasteiger partial charge in [-0.1, -0.05) is 84.6 Å². The number of rotatable bonds is 12. The van der Waals surface area contributed by atoms with Crippen LogP contribution in [0.3, 0.4) is 0 Å². The lowest BCUT2D eigenvalue weighted by molar-refractivity contribution is 0.0856. The fraction of sp³-hybridized carbons (Fsp3) is 0.258. The third-order valence-electron chi connectivity index (χ3n) is 6.41. The van der Waals surface area contributed by atoms with E-state index in [2.05, 4.69) is 16.0 Å². The van der Waals surface area contributed by atoms with E-state index >= 15 is 0 Å². The predicted octanol–water partition coefficient (Wildman–Crippen LogP) is 4.15. The first kappa shape index (κ1) is 31.5. The number of alkyl carbamates (subject to hydrolysis) is 1. The number of carbonyl (C=O) groups is 4. The molecule has 43 heavy (non-hydrogen) atoms. The van der Waals surface area contributed by atoms with Crippen molar-refractivity contribution in [1.82, 2.24) is 20.9 Å². The SMILES string of the molecule is CNC(=O)c1cc(C(=O)NCCCNC(=O)OCc2ccccc2)cc(C(=O)N2CCSC2=S)c1OCc1ccccc1. The highest BCUT2D eigenvalue weighted by Gasteiger charge is 2.31. The summed E-state index contributed by atoms with van der Waals surface area (Å²) in [6.07, 6.45) is -0.129. The average molecular weight is 621 g/mol. The van der Waals surface area contributed by atoms with Gasteiger partial charge in [0.15, 0.2) is 0 Å². The normalized spacial score (nSPS) is 12.4. The van der Waals surface area contributed by atoms with E-state index in [1.165, 1.54) is 35.8 Å². The van der Waals surface area contributed by atoms with Crippen LogP contribution < -0.4 is 20.7 Å². The van der Waals surface area contributed by atoms with E-state index in [4.69, 9.17) is 21.7 Å². The summed E-state index contributed by atoms with van der Waals surface area (Å²) < 4.78 is 11.7. The summed E-state index contributed by atoms with van der Waals surface area (Å²) in [6, 6.07) is 21.5. The van der Waals surface area contributed by atoms with Gasteiger partial charge in [-0.05, 0) is 29.7 Å². The van der Waals surface area contributed by atoms with Crippen molar-refractivity contribution in [2.45, 2.75) is 19.6 Å². The molecule has 1 saturated heterocycles. The van der Waals surface area contributed by atoms with Crippen molar-refractivity contribution in [2.75, 3.05) is 32.4 Å².